The highest BCUT2D eigenvalue weighted by atomic mass is 79.9. The van der Waals surface area contributed by atoms with Crippen molar-refractivity contribution in [1.29, 1.82) is 0 Å². The normalized spacial score (nSPS) is 12.3. The number of carbonyl (C=O) groups excluding carboxylic acids is 1. The average Bonchev–Trinajstić information content (AvgIpc) is 2.45. The van der Waals surface area contributed by atoms with Gasteiger partial charge in [0.15, 0.2) is 11.5 Å². The third-order valence-electron chi connectivity index (χ3n) is 3.13. The van der Waals surface area contributed by atoms with E-state index in [1.165, 1.54) is 7.11 Å². The number of carbonyl (C=O) groups is 1. The average molecular weight is 359 g/mol. The van der Waals surface area contributed by atoms with Gasteiger partial charge in [-0.15, -0.1) is 0 Å². The van der Waals surface area contributed by atoms with Gasteiger partial charge in [0, 0.05) is 13.6 Å². The Kier molecular flexibility index (Phi) is 6.98. The minimum Gasteiger partial charge on any atom is -0.503 e. The van der Waals surface area contributed by atoms with Crippen LogP contribution in [-0.4, -0.2) is 31.2 Å². The van der Waals surface area contributed by atoms with Crippen molar-refractivity contribution in [3.63, 3.8) is 0 Å². The molecule has 0 aromatic heterocycles. The summed E-state index contributed by atoms with van der Waals surface area (Å²) in [6, 6.07) is 3.32. The van der Waals surface area contributed by atoms with E-state index in [2.05, 4.69) is 40.4 Å². The lowest BCUT2D eigenvalue weighted by Gasteiger charge is -2.19. The molecule has 1 unspecified atom stereocenters. The van der Waals surface area contributed by atoms with Crippen LogP contribution >= 0.6 is 15.9 Å². The standard InChI is InChI=1S/C15H23BrN2O3/c1-9(2)5-12(15(20)17-3)18-8-10-6-11(16)14(19)13(7-10)21-4/h6-7,9,12,18-19H,5,8H2,1-4H3,(H,17,20). The van der Waals surface area contributed by atoms with Gasteiger partial charge in [0.05, 0.1) is 17.6 Å². The van der Waals surface area contributed by atoms with Crippen LogP contribution < -0.4 is 15.4 Å². The second-order valence-electron chi connectivity index (χ2n) is 5.31. The third kappa shape index (κ3) is 5.21. The number of nitrogens with one attached hydrogen (secondary N) is 2. The Morgan fingerprint density at radius 1 is 1.43 bits per heavy atom. The zero-order valence-electron chi connectivity index (χ0n) is 12.9. The fraction of sp³-hybridized carbons (Fsp3) is 0.533. The summed E-state index contributed by atoms with van der Waals surface area (Å²) < 4.78 is 5.69. The van der Waals surface area contributed by atoms with Crippen molar-refractivity contribution in [3.8, 4) is 11.5 Å². The lowest BCUT2D eigenvalue weighted by atomic mass is 10.0. The molecule has 0 aliphatic heterocycles. The lowest BCUT2D eigenvalue weighted by molar-refractivity contribution is -0.123. The number of likely N-dealkylation sites (N-methyl/N-ethyl adjacent to an activating group) is 1. The molecule has 1 atom stereocenters. The van der Waals surface area contributed by atoms with Crippen LogP contribution in [0.15, 0.2) is 16.6 Å². The number of phenolic OH excluding ortho intramolecular Hbond substituents is 1. The fourth-order valence-corrected chi connectivity index (χ4v) is 2.54. The van der Waals surface area contributed by atoms with E-state index in [1.807, 2.05) is 0 Å². The molecule has 0 aliphatic rings. The van der Waals surface area contributed by atoms with E-state index in [-0.39, 0.29) is 17.7 Å². The first kappa shape index (κ1) is 17.8. The Hall–Kier alpha value is -1.27. The molecule has 21 heavy (non-hydrogen) atoms. The van der Waals surface area contributed by atoms with Crippen molar-refractivity contribution >= 4 is 21.8 Å². The number of methoxy groups -OCH3 is 1. The molecule has 0 fully saturated rings. The minimum atomic E-state index is -0.242. The summed E-state index contributed by atoms with van der Waals surface area (Å²) in [6.07, 6.45) is 0.760. The lowest BCUT2D eigenvalue weighted by Crippen LogP contribution is -2.43. The quantitative estimate of drug-likeness (QED) is 0.699. The minimum absolute atomic E-state index is 0.0199. The third-order valence-corrected chi connectivity index (χ3v) is 3.74. The Morgan fingerprint density at radius 2 is 2.10 bits per heavy atom. The van der Waals surface area contributed by atoms with E-state index in [0.29, 0.717) is 22.7 Å². The highest BCUT2D eigenvalue weighted by Gasteiger charge is 2.18. The van der Waals surface area contributed by atoms with E-state index in [0.717, 1.165) is 12.0 Å². The number of rotatable bonds is 7. The van der Waals surface area contributed by atoms with Crippen LogP contribution in [0, 0.1) is 5.92 Å². The summed E-state index contributed by atoms with van der Waals surface area (Å²) in [6.45, 7) is 4.68. The molecule has 3 N–H and O–H groups in total. The summed E-state index contributed by atoms with van der Waals surface area (Å²) in [5, 5.41) is 15.7. The molecule has 1 aromatic carbocycles. The maximum absolute atomic E-state index is 11.9. The second-order valence-corrected chi connectivity index (χ2v) is 6.16. The van der Waals surface area contributed by atoms with Crippen LogP contribution in [0.3, 0.4) is 0 Å². The topological polar surface area (TPSA) is 70.6 Å². The summed E-state index contributed by atoms with van der Waals surface area (Å²) in [5.74, 6) is 0.877. The summed E-state index contributed by atoms with van der Waals surface area (Å²) in [7, 11) is 3.14. The predicted octanol–water partition coefficient (Wildman–Crippen LogP) is 2.41. The zero-order chi connectivity index (χ0) is 16.0. The number of phenols is 1. The van der Waals surface area contributed by atoms with Crippen LogP contribution in [-0.2, 0) is 11.3 Å². The van der Waals surface area contributed by atoms with Crippen LogP contribution in [0.4, 0.5) is 0 Å². The van der Waals surface area contributed by atoms with E-state index >= 15 is 0 Å². The Balaban J connectivity index is 2.80. The predicted molar refractivity (Wildman–Crippen MR) is 86.5 cm³/mol. The smallest absolute Gasteiger partial charge is 0.236 e. The molecule has 0 spiro atoms. The van der Waals surface area contributed by atoms with Crippen LogP contribution in [0.1, 0.15) is 25.8 Å². The molecular weight excluding hydrogens is 336 g/mol. The van der Waals surface area contributed by atoms with Crippen LogP contribution in [0.2, 0.25) is 0 Å². The molecule has 5 nitrogen and oxygen atoms in total. The van der Waals surface area contributed by atoms with Gasteiger partial charge in [-0.05, 0) is 46.0 Å². The second kappa shape index (κ2) is 8.24. The van der Waals surface area contributed by atoms with Crippen molar-refractivity contribution in [1.82, 2.24) is 10.6 Å². The molecule has 0 saturated carbocycles. The largest absolute Gasteiger partial charge is 0.503 e. The molecule has 0 aliphatic carbocycles. The van der Waals surface area contributed by atoms with E-state index < -0.39 is 0 Å². The molecule has 118 valence electrons. The molecule has 6 heteroatoms. The fourth-order valence-electron chi connectivity index (χ4n) is 2.05. The molecule has 1 amide bonds. The first-order chi connectivity index (χ1) is 9.88. The number of hydrogen-bond donors (Lipinski definition) is 3. The molecular formula is C15H23BrN2O3. The number of hydrogen-bond acceptors (Lipinski definition) is 4. The van der Waals surface area contributed by atoms with Crippen molar-refractivity contribution in [3.05, 3.63) is 22.2 Å². The molecule has 0 radical (unpaired) electrons. The summed E-state index contributed by atoms with van der Waals surface area (Å²) in [4.78, 5) is 11.9. The maximum Gasteiger partial charge on any atom is 0.236 e. The van der Waals surface area contributed by atoms with Gasteiger partial charge < -0.3 is 20.5 Å². The monoisotopic (exact) mass is 358 g/mol. The van der Waals surface area contributed by atoms with E-state index in [9.17, 15) is 9.90 Å². The van der Waals surface area contributed by atoms with Gasteiger partial charge in [-0.2, -0.15) is 0 Å². The first-order valence-corrected chi connectivity index (χ1v) is 7.68. The molecule has 0 bridgehead atoms. The van der Waals surface area contributed by atoms with Gasteiger partial charge in [0.1, 0.15) is 0 Å². The molecule has 1 rings (SSSR count). The SMILES string of the molecule is CNC(=O)C(CC(C)C)NCc1cc(Br)c(O)c(OC)c1. The van der Waals surface area contributed by atoms with Gasteiger partial charge in [-0.1, -0.05) is 13.8 Å². The van der Waals surface area contributed by atoms with Crippen molar-refractivity contribution in [2.45, 2.75) is 32.9 Å². The summed E-state index contributed by atoms with van der Waals surface area (Å²) in [5.41, 5.74) is 0.925. The van der Waals surface area contributed by atoms with Gasteiger partial charge >= 0.3 is 0 Å². The van der Waals surface area contributed by atoms with Crippen molar-refractivity contribution in [2.24, 2.45) is 5.92 Å². The van der Waals surface area contributed by atoms with E-state index in [4.69, 9.17) is 4.74 Å². The number of aromatic hydroxyl groups is 1. The van der Waals surface area contributed by atoms with Gasteiger partial charge in [-0.3, -0.25) is 4.79 Å². The Labute approximate surface area is 134 Å². The van der Waals surface area contributed by atoms with Gasteiger partial charge in [0.2, 0.25) is 5.91 Å². The molecule has 1 aromatic rings. The van der Waals surface area contributed by atoms with Crippen molar-refractivity contribution < 1.29 is 14.6 Å². The highest BCUT2D eigenvalue weighted by Crippen LogP contribution is 2.35. The number of halogens is 1. The number of amides is 1. The van der Waals surface area contributed by atoms with Crippen LogP contribution in [0.5, 0.6) is 11.5 Å². The first-order valence-electron chi connectivity index (χ1n) is 6.89. The maximum atomic E-state index is 11.9. The summed E-state index contributed by atoms with van der Waals surface area (Å²) >= 11 is 3.29. The molecule has 0 heterocycles. The molecule has 0 saturated heterocycles. The number of ether oxygens (including phenoxy) is 1. The van der Waals surface area contributed by atoms with Crippen LogP contribution in [0.25, 0.3) is 0 Å². The number of benzene rings is 1. The Bertz CT molecular complexity index is 492. The van der Waals surface area contributed by atoms with Gasteiger partial charge in [-0.25, -0.2) is 0 Å². The highest BCUT2D eigenvalue weighted by molar-refractivity contribution is 9.10. The van der Waals surface area contributed by atoms with Gasteiger partial charge in [0.25, 0.3) is 0 Å². The zero-order valence-corrected chi connectivity index (χ0v) is 14.5. The van der Waals surface area contributed by atoms with E-state index in [1.54, 1.807) is 19.2 Å². The van der Waals surface area contributed by atoms with Crippen molar-refractivity contribution in [2.75, 3.05) is 14.2 Å². The Morgan fingerprint density at radius 3 is 2.62 bits per heavy atom.